The maximum atomic E-state index is 12.7. The zero-order chi connectivity index (χ0) is 14.8. The highest BCUT2D eigenvalue weighted by molar-refractivity contribution is 6.33. The van der Waals surface area contributed by atoms with Crippen molar-refractivity contribution in [2.75, 3.05) is 13.2 Å². The van der Waals surface area contributed by atoms with Crippen LogP contribution in [-0.2, 0) is 6.42 Å². The average molecular weight is 303 g/mol. The predicted octanol–water partition coefficient (Wildman–Crippen LogP) is 2.47. The molecule has 1 amide bonds. The first-order valence-electron chi connectivity index (χ1n) is 6.81. The van der Waals surface area contributed by atoms with Gasteiger partial charge in [0.05, 0.1) is 23.2 Å². The lowest BCUT2D eigenvalue weighted by molar-refractivity contribution is 0.0568. The Hall–Kier alpha value is -1.91. The predicted molar refractivity (Wildman–Crippen MR) is 80.3 cm³/mol. The summed E-state index contributed by atoms with van der Waals surface area (Å²) < 4.78 is 0. The van der Waals surface area contributed by atoms with Crippen LogP contribution in [0.1, 0.15) is 27.5 Å². The first-order chi connectivity index (χ1) is 10.2. The summed E-state index contributed by atoms with van der Waals surface area (Å²) in [4.78, 5) is 18.3. The highest BCUT2D eigenvalue weighted by Gasteiger charge is 2.31. The van der Waals surface area contributed by atoms with Crippen LogP contribution in [0.25, 0.3) is 0 Å². The Morgan fingerprint density at radius 1 is 1.38 bits per heavy atom. The number of aliphatic hydroxyl groups excluding tert-OH is 1. The highest BCUT2D eigenvalue weighted by atomic mass is 35.5. The van der Waals surface area contributed by atoms with Gasteiger partial charge in [-0.3, -0.25) is 9.78 Å². The van der Waals surface area contributed by atoms with Crippen molar-refractivity contribution in [1.82, 2.24) is 9.88 Å². The van der Waals surface area contributed by atoms with E-state index in [9.17, 15) is 9.90 Å². The maximum absolute atomic E-state index is 12.7. The molecule has 0 aliphatic carbocycles. The number of carbonyl (C=O) groups is 1. The molecule has 1 aliphatic heterocycles. The number of rotatable bonds is 2. The van der Waals surface area contributed by atoms with Crippen LogP contribution in [0.4, 0.5) is 0 Å². The second kappa shape index (κ2) is 5.84. The Morgan fingerprint density at radius 2 is 2.19 bits per heavy atom. The lowest BCUT2D eigenvalue weighted by Gasteiger charge is -2.36. The zero-order valence-electron chi connectivity index (χ0n) is 11.4. The molecule has 0 unspecified atom stereocenters. The lowest BCUT2D eigenvalue weighted by atomic mass is 9.92. The third kappa shape index (κ3) is 2.52. The van der Waals surface area contributed by atoms with Crippen LogP contribution in [0.3, 0.4) is 0 Å². The SMILES string of the molecule is O=C(c1ccncc1Cl)N1CCc2ccccc2[C@@H]1CO. The third-order valence-corrected chi connectivity index (χ3v) is 4.15. The molecule has 0 bridgehead atoms. The molecule has 0 saturated carbocycles. The molecule has 1 atom stereocenters. The summed E-state index contributed by atoms with van der Waals surface area (Å²) in [6.45, 7) is 0.463. The van der Waals surface area contributed by atoms with E-state index in [0.717, 1.165) is 12.0 Å². The Kier molecular flexibility index (Phi) is 3.90. The molecular weight excluding hydrogens is 288 g/mol. The molecule has 2 aromatic rings. The zero-order valence-corrected chi connectivity index (χ0v) is 12.1. The molecule has 0 radical (unpaired) electrons. The Labute approximate surface area is 128 Å². The largest absolute Gasteiger partial charge is 0.394 e. The second-order valence-corrected chi connectivity index (χ2v) is 5.41. The Balaban J connectivity index is 1.96. The van der Waals surface area contributed by atoms with Crippen LogP contribution in [0.15, 0.2) is 42.7 Å². The molecule has 2 heterocycles. The van der Waals surface area contributed by atoms with E-state index in [2.05, 4.69) is 4.98 Å². The fourth-order valence-electron chi connectivity index (χ4n) is 2.79. The molecule has 0 saturated heterocycles. The average Bonchev–Trinajstić information content (AvgIpc) is 2.53. The molecule has 1 aliphatic rings. The minimum Gasteiger partial charge on any atom is -0.394 e. The van der Waals surface area contributed by atoms with Crippen LogP contribution in [0.2, 0.25) is 5.02 Å². The van der Waals surface area contributed by atoms with Crippen molar-refractivity contribution in [1.29, 1.82) is 0 Å². The van der Waals surface area contributed by atoms with Crippen molar-refractivity contribution in [3.8, 4) is 0 Å². The smallest absolute Gasteiger partial charge is 0.256 e. The molecule has 0 spiro atoms. The number of aromatic nitrogens is 1. The van der Waals surface area contributed by atoms with Crippen LogP contribution in [0, 0.1) is 0 Å². The molecule has 0 fully saturated rings. The van der Waals surface area contributed by atoms with Gasteiger partial charge in [0, 0.05) is 18.9 Å². The van der Waals surface area contributed by atoms with Crippen molar-refractivity contribution in [3.05, 3.63) is 64.4 Å². The second-order valence-electron chi connectivity index (χ2n) is 5.00. The summed E-state index contributed by atoms with van der Waals surface area (Å²) in [6, 6.07) is 9.19. The van der Waals surface area contributed by atoms with Crippen molar-refractivity contribution in [3.63, 3.8) is 0 Å². The normalized spacial score (nSPS) is 17.4. The van der Waals surface area contributed by atoms with E-state index in [4.69, 9.17) is 11.6 Å². The number of hydrogen-bond acceptors (Lipinski definition) is 3. The van der Waals surface area contributed by atoms with E-state index in [1.54, 1.807) is 17.2 Å². The number of halogens is 1. The number of fused-ring (bicyclic) bond motifs is 1. The van der Waals surface area contributed by atoms with E-state index in [0.29, 0.717) is 17.1 Å². The molecule has 1 N–H and O–H groups in total. The van der Waals surface area contributed by atoms with Gasteiger partial charge in [-0.2, -0.15) is 0 Å². The van der Waals surface area contributed by atoms with E-state index in [1.807, 2.05) is 24.3 Å². The highest BCUT2D eigenvalue weighted by Crippen LogP contribution is 2.31. The molecule has 1 aromatic heterocycles. The van der Waals surface area contributed by atoms with E-state index < -0.39 is 0 Å². The van der Waals surface area contributed by atoms with E-state index in [-0.39, 0.29) is 18.6 Å². The minimum absolute atomic E-state index is 0.106. The van der Waals surface area contributed by atoms with Gasteiger partial charge in [-0.05, 0) is 23.6 Å². The van der Waals surface area contributed by atoms with Crippen LogP contribution in [-0.4, -0.2) is 34.0 Å². The summed E-state index contributed by atoms with van der Waals surface area (Å²) in [5.41, 5.74) is 2.61. The summed E-state index contributed by atoms with van der Waals surface area (Å²) in [7, 11) is 0. The molecule has 3 rings (SSSR count). The summed E-state index contributed by atoms with van der Waals surface area (Å²) in [5, 5.41) is 10.1. The topological polar surface area (TPSA) is 53.4 Å². The molecule has 5 heteroatoms. The Morgan fingerprint density at radius 3 is 2.95 bits per heavy atom. The molecule has 21 heavy (non-hydrogen) atoms. The van der Waals surface area contributed by atoms with Gasteiger partial charge in [0.25, 0.3) is 5.91 Å². The Bertz CT molecular complexity index is 675. The van der Waals surface area contributed by atoms with E-state index >= 15 is 0 Å². The lowest BCUT2D eigenvalue weighted by Crippen LogP contribution is -2.41. The van der Waals surface area contributed by atoms with Crippen LogP contribution >= 0.6 is 11.6 Å². The number of pyridine rings is 1. The summed E-state index contributed by atoms with van der Waals surface area (Å²) >= 11 is 6.06. The minimum atomic E-state index is -0.327. The number of nitrogens with zero attached hydrogens (tertiary/aromatic N) is 2. The monoisotopic (exact) mass is 302 g/mol. The quantitative estimate of drug-likeness (QED) is 0.927. The van der Waals surface area contributed by atoms with Crippen molar-refractivity contribution in [2.24, 2.45) is 0 Å². The first-order valence-corrected chi connectivity index (χ1v) is 7.19. The van der Waals surface area contributed by atoms with Gasteiger partial charge in [0.2, 0.25) is 0 Å². The third-order valence-electron chi connectivity index (χ3n) is 3.85. The van der Waals surface area contributed by atoms with Gasteiger partial charge in [-0.1, -0.05) is 35.9 Å². The number of amides is 1. The fraction of sp³-hybridized carbons (Fsp3) is 0.250. The maximum Gasteiger partial charge on any atom is 0.256 e. The summed E-state index contributed by atoms with van der Waals surface area (Å²) in [6.07, 6.45) is 3.78. The van der Waals surface area contributed by atoms with Gasteiger partial charge < -0.3 is 10.0 Å². The van der Waals surface area contributed by atoms with Crippen LogP contribution in [0.5, 0.6) is 0 Å². The molecular formula is C16H15ClN2O2. The number of benzene rings is 1. The molecule has 4 nitrogen and oxygen atoms in total. The molecule has 1 aromatic carbocycles. The van der Waals surface area contributed by atoms with Gasteiger partial charge >= 0.3 is 0 Å². The molecule has 108 valence electrons. The van der Waals surface area contributed by atoms with Crippen LogP contribution < -0.4 is 0 Å². The van der Waals surface area contributed by atoms with Crippen molar-refractivity contribution in [2.45, 2.75) is 12.5 Å². The number of aliphatic hydroxyl groups is 1. The number of hydrogen-bond donors (Lipinski definition) is 1. The van der Waals surface area contributed by atoms with E-state index in [1.165, 1.54) is 11.8 Å². The van der Waals surface area contributed by atoms with Crippen molar-refractivity contribution < 1.29 is 9.90 Å². The van der Waals surface area contributed by atoms with Gasteiger partial charge in [0.15, 0.2) is 0 Å². The number of carbonyl (C=O) groups excluding carboxylic acids is 1. The van der Waals surface area contributed by atoms with Crippen molar-refractivity contribution >= 4 is 17.5 Å². The van der Waals surface area contributed by atoms with Gasteiger partial charge in [0.1, 0.15) is 0 Å². The first kappa shape index (κ1) is 14.0. The fourth-order valence-corrected chi connectivity index (χ4v) is 3.00. The van der Waals surface area contributed by atoms with Gasteiger partial charge in [-0.25, -0.2) is 0 Å². The van der Waals surface area contributed by atoms with Gasteiger partial charge in [-0.15, -0.1) is 0 Å². The standard InChI is InChI=1S/C16H15ClN2O2/c17-14-9-18-7-5-13(14)16(21)19-8-6-11-3-1-2-4-12(11)15(19)10-20/h1-5,7,9,15,20H,6,8,10H2/t15-/m0/s1. The summed E-state index contributed by atoms with van der Waals surface area (Å²) in [5.74, 6) is -0.170.